The largest absolute Gasteiger partial charge is 0.494 e. The normalized spacial score (nSPS) is 10.4. The Morgan fingerprint density at radius 2 is 1.89 bits per heavy atom. The fourth-order valence-electron chi connectivity index (χ4n) is 2.78. The van der Waals surface area contributed by atoms with Crippen molar-refractivity contribution in [2.24, 2.45) is 0 Å². The molecule has 0 saturated heterocycles. The highest BCUT2D eigenvalue weighted by molar-refractivity contribution is 5.98. The lowest BCUT2D eigenvalue weighted by atomic mass is 10.1. The summed E-state index contributed by atoms with van der Waals surface area (Å²) in [5.41, 5.74) is 2.53. The van der Waals surface area contributed by atoms with E-state index in [0.29, 0.717) is 18.8 Å². The van der Waals surface area contributed by atoms with E-state index in [4.69, 9.17) is 15.9 Å². The summed E-state index contributed by atoms with van der Waals surface area (Å²) in [6.07, 6.45) is 5.90. The van der Waals surface area contributed by atoms with Crippen molar-refractivity contribution in [1.29, 1.82) is 0 Å². The van der Waals surface area contributed by atoms with Crippen molar-refractivity contribution in [3.8, 4) is 23.8 Å². The van der Waals surface area contributed by atoms with E-state index in [2.05, 4.69) is 16.2 Å². The summed E-state index contributed by atoms with van der Waals surface area (Å²) in [4.78, 5) is 15.5. The number of terminal acetylenes is 1. The van der Waals surface area contributed by atoms with E-state index in [0.717, 1.165) is 34.4 Å². The molecular weight excluding hydrogens is 340 g/mol. The molecule has 138 valence electrons. The van der Waals surface area contributed by atoms with Crippen molar-refractivity contribution in [3.05, 3.63) is 59.8 Å². The van der Waals surface area contributed by atoms with Crippen LogP contribution in [0, 0.1) is 12.3 Å². The first-order valence-corrected chi connectivity index (χ1v) is 8.88. The van der Waals surface area contributed by atoms with E-state index >= 15 is 0 Å². The molecular formula is C22H22N2O3. The number of ether oxygens (including phenoxy) is 2. The molecule has 1 aromatic heterocycles. The second-order valence-corrected chi connectivity index (χ2v) is 6.01. The van der Waals surface area contributed by atoms with Gasteiger partial charge in [-0.05, 0) is 49.2 Å². The number of hydrogen-bond donors (Lipinski definition) is 2. The second kappa shape index (κ2) is 8.81. The zero-order chi connectivity index (χ0) is 19.1. The van der Waals surface area contributed by atoms with Crippen LogP contribution in [0.2, 0.25) is 0 Å². The van der Waals surface area contributed by atoms with Crippen LogP contribution in [0.3, 0.4) is 0 Å². The standard InChI is InChI=1S/C22H22N2O3/c1-3-13-27-18-8-5-16(6-9-18)11-12-23-22(25)21-14-17-7-10-19(26-4-2)15-20(17)24-21/h1,5-10,14-15,24H,4,11-13H2,2H3,(H,23,25). The fraction of sp³-hybridized carbons (Fsp3) is 0.227. The average molecular weight is 362 g/mol. The Kier molecular flexibility index (Phi) is 6.01. The van der Waals surface area contributed by atoms with Crippen LogP contribution in [0.15, 0.2) is 48.5 Å². The zero-order valence-corrected chi connectivity index (χ0v) is 15.2. The molecule has 1 heterocycles. The lowest BCUT2D eigenvalue weighted by Gasteiger charge is -2.06. The van der Waals surface area contributed by atoms with Gasteiger partial charge in [-0.3, -0.25) is 4.79 Å². The topological polar surface area (TPSA) is 63.4 Å². The lowest BCUT2D eigenvalue weighted by Crippen LogP contribution is -2.25. The van der Waals surface area contributed by atoms with Crippen LogP contribution in [0.5, 0.6) is 11.5 Å². The summed E-state index contributed by atoms with van der Waals surface area (Å²) >= 11 is 0. The van der Waals surface area contributed by atoms with Crippen LogP contribution in [0.25, 0.3) is 10.9 Å². The third-order valence-corrected chi connectivity index (χ3v) is 4.09. The molecule has 2 N–H and O–H groups in total. The minimum Gasteiger partial charge on any atom is -0.494 e. The first-order valence-electron chi connectivity index (χ1n) is 8.88. The summed E-state index contributed by atoms with van der Waals surface area (Å²) in [6, 6.07) is 15.3. The van der Waals surface area contributed by atoms with Crippen molar-refractivity contribution >= 4 is 16.8 Å². The number of amides is 1. The Labute approximate surface area is 158 Å². The number of nitrogens with one attached hydrogen (secondary N) is 2. The summed E-state index contributed by atoms with van der Waals surface area (Å²) in [5, 5.41) is 3.92. The summed E-state index contributed by atoms with van der Waals surface area (Å²) in [7, 11) is 0. The highest BCUT2D eigenvalue weighted by Gasteiger charge is 2.09. The molecule has 27 heavy (non-hydrogen) atoms. The Balaban J connectivity index is 1.54. The molecule has 0 spiro atoms. The molecule has 0 radical (unpaired) electrons. The third kappa shape index (κ3) is 4.83. The molecule has 0 fully saturated rings. The summed E-state index contributed by atoms with van der Waals surface area (Å²) in [6.45, 7) is 3.35. The minimum absolute atomic E-state index is 0.127. The van der Waals surface area contributed by atoms with E-state index in [-0.39, 0.29) is 12.5 Å². The number of aromatic amines is 1. The lowest BCUT2D eigenvalue weighted by molar-refractivity contribution is 0.0950. The second-order valence-electron chi connectivity index (χ2n) is 6.01. The van der Waals surface area contributed by atoms with Crippen molar-refractivity contribution in [2.45, 2.75) is 13.3 Å². The van der Waals surface area contributed by atoms with Gasteiger partial charge < -0.3 is 19.8 Å². The highest BCUT2D eigenvalue weighted by Crippen LogP contribution is 2.21. The van der Waals surface area contributed by atoms with Gasteiger partial charge in [0, 0.05) is 23.5 Å². The highest BCUT2D eigenvalue weighted by atomic mass is 16.5. The van der Waals surface area contributed by atoms with E-state index in [1.165, 1.54) is 0 Å². The molecule has 2 aromatic carbocycles. The number of hydrogen-bond acceptors (Lipinski definition) is 3. The fourth-order valence-corrected chi connectivity index (χ4v) is 2.78. The maximum atomic E-state index is 12.4. The number of carbonyl (C=O) groups excluding carboxylic acids is 1. The van der Waals surface area contributed by atoms with E-state index < -0.39 is 0 Å². The van der Waals surface area contributed by atoms with Gasteiger partial charge in [-0.1, -0.05) is 18.1 Å². The van der Waals surface area contributed by atoms with Gasteiger partial charge in [0.05, 0.1) is 6.61 Å². The number of aromatic nitrogens is 1. The summed E-state index contributed by atoms with van der Waals surface area (Å²) < 4.78 is 10.8. The van der Waals surface area contributed by atoms with Gasteiger partial charge in [0.25, 0.3) is 5.91 Å². The van der Waals surface area contributed by atoms with Crippen molar-refractivity contribution in [3.63, 3.8) is 0 Å². The maximum Gasteiger partial charge on any atom is 0.267 e. The van der Waals surface area contributed by atoms with Crippen LogP contribution in [-0.2, 0) is 6.42 Å². The van der Waals surface area contributed by atoms with Crippen molar-refractivity contribution in [1.82, 2.24) is 10.3 Å². The van der Waals surface area contributed by atoms with Gasteiger partial charge >= 0.3 is 0 Å². The molecule has 5 nitrogen and oxygen atoms in total. The molecule has 0 aliphatic carbocycles. The molecule has 0 saturated carbocycles. The number of fused-ring (bicyclic) bond motifs is 1. The molecule has 3 aromatic rings. The van der Waals surface area contributed by atoms with E-state index in [1.54, 1.807) is 0 Å². The molecule has 1 amide bonds. The predicted octanol–water partition coefficient (Wildman–Crippen LogP) is 3.55. The number of rotatable bonds is 8. The quantitative estimate of drug-likeness (QED) is 0.603. The zero-order valence-electron chi connectivity index (χ0n) is 15.2. The Bertz CT molecular complexity index is 952. The molecule has 0 aliphatic rings. The number of H-pyrrole nitrogens is 1. The predicted molar refractivity (Wildman–Crippen MR) is 106 cm³/mol. The van der Waals surface area contributed by atoms with Crippen LogP contribution in [0.1, 0.15) is 23.0 Å². The first-order chi connectivity index (χ1) is 13.2. The van der Waals surface area contributed by atoms with Crippen LogP contribution in [-0.4, -0.2) is 30.6 Å². The van der Waals surface area contributed by atoms with Crippen LogP contribution in [0.4, 0.5) is 0 Å². The Hall–Kier alpha value is -3.39. The molecule has 5 heteroatoms. The first kappa shape index (κ1) is 18.4. The smallest absolute Gasteiger partial charge is 0.267 e. The Morgan fingerprint density at radius 1 is 1.11 bits per heavy atom. The number of carbonyl (C=O) groups is 1. The van der Waals surface area contributed by atoms with Crippen LogP contribution >= 0.6 is 0 Å². The molecule has 3 rings (SSSR count). The van der Waals surface area contributed by atoms with E-state index in [1.807, 2.05) is 55.5 Å². The van der Waals surface area contributed by atoms with Gasteiger partial charge in [-0.2, -0.15) is 0 Å². The van der Waals surface area contributed by atoms with Gasteiger partial charge in [0.1, 0.15) is 23.8 Å². The molecule has 0 atom stereocenters. The van der Waals surface area contributed by atoms with Gasteiger partial charge in [0.2, 0.25) is 0 Å². The van der Waals surface area contributed by atoms with Crippen molar-refractivity contribution in [2.75, 3.05) is 19.8 Å². The molecule has 0 unspecified atom stereocenters. The monoisotopic (exact) mass is 362 g/mol. The maximum absolute atomic E-state index is 12.4. The van der Waals surface area contributed by atoms with Crippen molar-refractivity contribution < 1.29 is 14.3 Å². The van der Waals surface area contributed by atoms with Crippen LogP contribution < -0.4 is 14.8 Å². The molecule has 0 bridgehead atoms. The van der Waals surface area contributed by atoms with Gasteiger partial charge in [-0.25, -0.2) is 0 Å². The number of benzene rings is 2. The van der Waals surface area contributed by atoms with E-state index in [9.17, 15) is 4.79 Å². The molecule has 0 aliphatic heterocycles. The third-order valence-electron chi connectivity index (χ3n) is 4.09. The summed E-state index contributed by atoms with van der Waals surface area (Å²) in [5.74, 6) is 3.83. The minimum atomic E-state index is -0.127. The van der Waals surface area contributed by atoms with Gasteiger partial charge in [0.15, 0.2) is 0 Å². The Morgan fingerprint density at radius 3 is 2.63 bits per heavy atom. The SMILES string of the molecule is C#CCOc1ccc(CCNC(=O)c2cc3ccc(OCC)cc3[nH]2)cc1. The van der Waals surface area contributed by atoms with Gasteiger partial charge in [-0.15, -0.1) is 6.42 Å². The average Bonchev–Trinajstić information content (AvgIpc) is 3.11.